The molecule has 3 aromatic rings. The Kier molecular flexibility index (Phi) is 4.10. The van der Waals surface area contributed by atoms with Gasteiger partial charge in [0, 0.05) is 25.8 Å². The smallest absolute Gasteiger partial charge is 0.333 e. The lowest BCUT2D eigenvalue weighted by Gasteiger charge is -2.33. The molecule has 146 valence electrons. The Morgan fingerprint density at radius 1 is 1.25 bits per heavy atom. The molecule has 1 aliphatic rings. The van der Waals surface area contributed by atoms with Crippen LogP contribution < -0.4 is 16.1 Å². The summed E-state index contributed by atoms with van der Waals surface area (Å²) in [6, 6.07) is 7.92. The Bertz CT molecular complexity index is 1220. The fraction of sp³-hybridized carbons (Fsp3) is 0.368. The predicted octanol–water partition coefficient (Wildman–Crippen LogP) is 1.08. The molecule has 0 bridgehead atoms. The normalized spacial score (nSPS) is 16.4. The van der Waals surface area contributed by atoms with E-state index in [9.17, 15) is 14.4 Å². The first-order valence-electron chi connectivity index (χ1n) is 9.04. The number of hydrogen-bond donors (Lipinski definition) is 1. The maximum atomic E-state index is 13.0. The van der Waals surface area contributed by atoms with E-state index < -0.39 is 23.8 Å². The molecule has 0 saturated carbocycles. The number of carboxylic acids is 1. The van der Waals surface area contributed by atoms with Crippen LogP contribution in [-0.2, 0) is 24.9 Å². The van der Waals surface area contributed by atoms with Crippen LogP contribution in [0.5, 0.6) is 0 Å². The van der Waals surface area contributed by atoms with E-state index in [1.807, 2.05) is 31.2 Å². The lowest BCUT2D eigenvalue weighted by atomic mass is 10.1. The lowest BCUT2D eigenvalue weighted by Crippen LogP contribution is -2.42. The van der Waals surface area contributed by atoms with Crippen molar-refractivity contribution in [1.82, 2.24) is 18.7 Å². The zero-order valence-corrected chi connectivity index (χ0v) is 15.9. The van der Waals surface area contributed by atoms with Gasteiger partial charge in [-0.15, -0.1) is 0 Å². The summed E-state index contributed by atoms with van der Waals surface area (Å²) in [5.41, 5.74) is 1.26. The molecule has 0 aliphatic carbocycles. The summed E-state index contributed by atoms with van der Waals surface area (Å²) >= 11 is 0. The van der Waals surface area contributed by atoms with Gasteiger partial charge >= 0.3 is 11.7 Å². The number of carboxylic acid groups (broad SMARTS) is 1. The second kappa shape index (κ2) is 6.36. The van der Waals surface area contributed by atoms with Crippen LogP contribution in [0.3, 0.4) is 0 Å². The van der Waals surface area contributed by atoms with E-state index in [-0.39, 0.29) is 17.1 Å². The lowest BCUT2D eigenvalue weighted by molar-refractivity contribution is -0.137. The van der Waals surface area contributed by atoms with Gasteiger partial charge in [-0.1, -0.05) is 25.1 Å². The van der Waals surface area contributed by atoms with E-state index in [2.05, 4.69) is 16.8 Å². The van der Waals surface area contributed by atoms with Crippen molar-refractivity contribution in [2.45, 2.75) is 26.9 Å². The third-order valence-corrected chi connectivity index (χ3v) is 5.14. The van der Waals surface area contributed by atoms with Crippen molar-refractivity contribution in [3.63, 3.8) is 0 Å². The SMILES string of the molecule is Cc1ccccc1N1C[C@@H](C)Cn2c1nc1c2c(=O)n(CC(=O)O)c(=O)n1C. The van der Waals surface area contributed by atoms with Gasteiger partial charge < -0.3 is 14.6 Å². The highest BCUT2D eigenvalue weighted by Gasteiger charge is 2.30. The van der Waals surface area contributed by atoms with Crippen LogP contribution in [0, 0.1) is 12.8 Å². The average molecular weight is 383 g/mol. The molecule has 0 radical (unpaired) electrons. The molecule has 1 N–H and O–H groups in total. The first kappa shape index (κ1) is 18.0. The minimum absolute atomic E-state index is 0.231. The Balaban J connectivity index is 2.04. The monoisotopic (exact) mass is 383 g/mol. The number of para-hydroxylation sites is 1. The fourth-order valence-corrected chi connectivity index (χ4v) is 3.85. The van der Waals surface area contributed by atoms with Gasteiger partial charge in [0.1, 0.15) is 6.54 Å². The summed E-state index contributed by atoms with van der Waals surface area (Å²) < 4.78 is 3.79. The zero-order chi connectivity index (χ0) is 20.2. The van der Waals surface area contributed by atoms with Crippen LogP contribution in [0.4, 0.5) is 11.6 Å². The molecule has 0 amide bonds. The van der Waals surface area contributed by atoms with Gasteiger partial charge in [-0.25, -0.2) is 9.36 Å². The molecular weight excluding hydrogens is 362 g/mol. The molecule has 0 saturated heterocycles. The van der Waals surface area contributed by atoms with Crippen LogP contribution in [0.25, 0.3) is 11.2 Å². The molecule has 1 aliphatic heterocycles. The van der Waals surface area contributed by atoms with Gasteiger partial charge in [0.15, 0.2) is 11.2 Å². The van der Waals surface area contributed by atoms with Crippen molar-refractivity contribution in [2.24, 2.45) is 13.0 Å². The topological polar surface area (TPSA) is 102 Å². The fourth-order valence-electron chi connectivity index (χ4n) is 3.85. The summed E-state index contributed by atoms with van der Waals surface area (Å²) in [6.07, 6.45) is 0. The first-order chi connectivity index (χ1) is 13.3. The van der Waals surface area contributed by atoms with Gasteiger partial charge in [0.25, 0.3) is 5.56 Å². The number of aromatic nitrogens is 4. The Morgan fingerprint density at radius 2 is 1.96 bits per heavy atom. The molecule has 9 nitrogen and oxygen atoms in total. The standard InChI is InChI=1S/C19H21N5O4/c1-11-8-22(13-7-5-4-6-12(13)2)18-20-16-15(23(18)9-11)17(27)24(10-14(25)26)19(28)21(16)3/h4-7,11H,8-10H2,1-3H3,(H,25,26)/t11-/m1/s1. The summed E-state index contributed by atoms with van der Waals surface area (Å²) in [6.45, 7) is 4.70. The summed E-state index contributed by atoms with van der Waals surface area (Å²) in [4.78, 5) is 43.3. The average Bonchev–Trinajstić information content (AvgIpc) is 3.02. The highest BCUT2D eigenvalue weighted by molar-refractivity contribution is 5.78. The number of aliphatic carboxylic acids is 1. The molecule has 1 atom stereocenters. The molecule has 1 aromatic carbocycles. The molecule has 0 spiro atoms. The van der Waals surface area contributed by atoms with Gasteiger partial charge in [-0.2, -0.15) is 4.98 Å². The van der Waals surface area contributed by atoms with Crippen molar-refractivity contribution < 1.29 is 9.90 Å². The number of fused-ring (bicyclic) bond motifs is 3. The van der Waals surface area contributed by atoms with Crippen LogP contribution >= 0.6 is 0 Å². The molecule has 3 heterocycles. The second-order valence-corrected chi connectivity index (χ2v) is 7.32. The van der Waals surface area contributed by atoms with E-state index in [1.54, 1.807) is 4.57 Å². The quantitative estimate of drug-likeness (QED) is 0.726. The Hall–Kier alpha value is -3.36. The predicted molar refractivity (Wildman–Crippen MR) is 104 cm³/mol. The Morgan fingerprint density at radius 3 is 2.64 bits per heavy atom. The maximum Gasteiger partial charge on any atom is 0.333 e. The minimum Gasteiger partial charge on any atom is -0.480 e. The third kappa shape index (κ3) is 2.62. The number of rotatable bonds is 3. The van der Waals surface area contributed by atoms with Crippen LogP contribution in [0.2, 0.25) is 0 Å². The summed E-state index contributed by atoms with van der Waals surface area (Å²) in [5, 5.41) is 9.09. The van der Waals surface area contributed by atoms with Gasteiger partial charge in [0.05, 0.1) is 0 Å². The van der Waals surface area contributed by atoms with Crippen molar-refractivity contribution in [2.75, 3.05) is 11.4 Å². The number of benzene rings is 1. The van der Waals surface area contributed by atoms with Crippen LogP contribution in [0.1, 0.15) is 12.5 Å². The van der Waals surface area contributed by atoms with Gasteiger partial charge in [-0.3, -0.25) is 14.2 Å². The third-order valence-electron chi connectivity index (χ3n) is 5.14. The molecule has 2 aromatic heterocycles. The minimum atomic E-state index is -1.24. The van der Waals surface area contributed by atoms with E-state index in [0.29, 0.717) is 12.5 Å². The summed E-state index contributed by atoms with van der Waals surface area (Å²) in [5.74, 6) is -0.427. The molecule has 0 fully saturated rings. The van der Waals surface area contributed by atoms with Crippen molar-refractivity contribution in [1.29, 1.82) is 0 Å². The zero-order valence-electron chi connectivity index (χ0n) is 15.9. The van der Waals surface area contributed by atoms with E-state index in [1.165, 1.54) is 11.6 Å². The number of anilines is 2. The largest absolute Gasteiger partial charge is 0.480 e. The van der Waals surface area contributed by atoms with Gasteiger partial charge in [-0.05, 0) is 24.5 Å². The van der Waals surface area contributed by atoms with Gasteiger partial charge in [0.2, 0.25) is 5.95 Å². The van der Waals surface area contributed by atoms with E-state index >= 15 is 0 Å². The van der Waals surface area contributed by atoms with Crippen LogP contribution in [0.15, 0.2) is 33.9 Å². The second-order valence-electron chi connectivity index (χ2n) is 7.32. The highest BCUT2D eigenvalue weighted by Crippen LogP contribution is 2.34. The van der Waals surface area contributed by atoms with Crippen molar-refractivity contribution in [3.8, 4) is 0 Å². The molecule has 28 heavy (non-hydrogen) atoms. The first-order valence-corrected chi connectivity index (χ1v) is 9.04. The number of imidazole rings is 1. The number of carbonyl (C=O) groups is 1. The molecular formula is C19H21N5O4. The molecule has 4 rings (SSSR count). The number of hydrogen-bond acceptors (Lipinski definition) is 5. The van der Waals surface area contributed by atoms with Crippen molar-refractivity contribution >= 4 is 28.8 Å². The van der Waals surface area contributed by atoms with E-state index in [0.717, 1.165) is 22.4 Å². The molecule has 9 heteroatoms. The summed E-state index contributed by atoms with van der Waals surface area (Å²) in [7, 11) is 1.50. The Labute approximate surface area is 160 Å². The maximum absolute atomic E-state index is 13.0. The molecule has 0 unspecified atom stereocenters. The number of aryl methyl sites for hydroxylation is 2. The van der Waals surface area contributed by atoms with Crippen LogP contribution in [-0.4, -0.2) is 36.3 Å². The van der Waals surface area contributed by atoms with E-state index in [4.69, 9.17) is 5.11 Å². The van der Waals surface area contributed by atoms with Crippen molar-refractivity contribution in [3.05, 3.63) is 50.7 Å². The highest BCUT2D eigenvalue weighted by atomic mass is 16.4. The number of nitrogens with zero attached hydrogens (tertiary/aromatic N) is 5.